The van der Waals surface area contributed by atoms with Crippen molar-refractivity contribution < 1.29 is 26.9 Å². The minimum atomic E-state index is -4.01. The lowest BCUT2D eigenvalue weighted by Gasteiger charge is -2.20. The number of para-hydroxylation sites is 1. The second-order valence-electron chi connectivity index (χ2n) is 7.96. The summed E-state index contributed by atoms with van der Waals surface area (Å²) in [7, 11) is -4.01. The Kier molecular flexibility index (Phi) is 9.64. The van der Waals surface area contributed by atoms with Gasteiger partial charge in [-0.1, -0.05) is 78.9 Å². The normalized spacial score (nSPS) is 12.9. The maximum atomic E-state index is 13.0. The average molecular weight is 509 g/mol. The third-order valence-corrected chi connectivity index (χ3v) is 5.88. The molecule has 9 heteroatoms. The summed E-state index contributed by atoms with van der Waals surface area (Å²) in [5.74, 6) is -0.311. The summed E-state index contributed by atoms with van der Waals surface area (Å²) in [6, 6.07) is 24.9. The van der Waals surface area contributed by atoms with E-state index in [0.717, 1.165) is 16.5 Å². The van der Waals surface area contributed by atoms with E-state index in [1.165, 1.54) is 18.2 Å². The van der Waals surface area contributed by atoms with Gasteiger partial charge in [-0.05, 0) is 36.3 Å². The molecule has 0 unspecified atom stereocenters. The molecule has 0 bridgehead atoms. The number of nitrogens with one attached hydrogen (secondary N) is 2. The smallest absolute Gasteiger partial charge is 0.408 e. The van der Waals surface area contributed by atoms with Gasteiger partial charge in [0.05, 0.1) is 5.41 Å². The van der Waals surface area contributed by atoms with Gasteiger partial charge in [0.1, 0.15) is 18.4 Å². The molecule has 0 aliphatic carbocycles. The first-order chi connectivity index (χ1) is 17.3. The number of benzene rings is 3. The maximum absolute atomic E-state index is 13.0. The molecule has 0 aliphatic heterocycles. The molecule has 0 spiro atoms. The quantitative estimate of drug-likeness (QED) is 0.380. The van der Waals surface area contributed by atoms with Crippen molar-refractivity contribution in [3.63, 3.8) is 0 Å². The zero-order chi connectivity index (χ0) is 25.8. The van der Waals surface area contributed by atoms with Crippen LogP contribution in [0.1, 0.15) is 18.1 Å². The molecule has 2 N–H and O–H groups in total. The summed E-state index contributed by atoms with van der Waals surface area (Å²) < 4.78 is 34.7. The minimum absolute atomic E-state index is 0.0603. The Labute approximate surface area is 211 Å². The molecule has 0 radical (unpaired) electrons. The van der Waals surface area contributed by atoms with Crippen molar-refractivity contribution in [2.75, 3.05) is 0 Å². The van der Waals surface area contributed by atoms with Crippen LogP contribution in [-0.4, -0.2) is 32.5 Å². The number of rotatable bonds is 11. The molecule has 0 saturated carbocycles. The SMILES string of the molecule is C[C@@H](/C=C/S(=O)(=O)Oc1ccccc1)NC(=O)[C@H](Cc1ccccc1)NC(=O)OCc1ccccc1. The second-order valence-corrected chi connectivity index (χ2v) is 9.39. The number of amides is 2. The molecular weight excluding hydrogens is 480 g/mol. The van der Waals surface area contributed by atoms with Crippen LogP contribution in [0.25, 0.3) is 0 Å². The van der Waals surface area contributed by atoms with Gasteiger partial charge in [0, 0.05) is 12.5 Å². The Balaban J connectivity index is 1.61. The highest BCUT2D eigenvalue weighted by Gasteiger charge is 2.23. The molecule has 3 aromatic rings. The molecule has 0 aromatic heterocycles. The van der Waals surface area contributed by atoms with Crippen molar-refractivity contribution >= 4 is 22.1 Å². The third-order valence-electron chi connectivity index (χ3n) is 4.96. The summed E-state index contributed by atoms with van der Waals surface area (Å²) in [6.45, 7) is 1.67. The Morgan fingerprint density at radius 1 is 0.833 bits per heavy atom. The van der Waals surface area contributed by atoms with Gasteiger partial charge in [0.25, 0.3) is 0 Å². The molecule has 36 heavy (non-hydrogen) atoms. The molecule has 188 valence electrons. The number of alkyl carbamates (subject to hydrolysis) is 1. The predicted octanol–water partition coefficient (Wildman–Crippen LogP) is 3.95. The van der Waals surface area contributed by atoms with Crippen LogP contribution in [0.5, 0.6) is 5.75 Å². The van der Waals surface area contributed by atoms with E-state index < -0.39 is 34.2 Å². The summed E-state index contributed by atoms with van der Waals surface area (Å²) >= 11 is 0. The van der Waals surface area contributed by atoms with Crippen molar-refractivity contribution in [3.8, 4) is 5.75 Å². The van der Waals surface area contributed by atoms with Crippen molar-refractivity contribution in [2.24, 2.45) is 0 Å². The average Bonchev–Trinajstić information content (AvgIpc) is 2.87. The zero-order valence-electron chi connectivity index (χ0n) is 19.7. The van der Waals surface area contributed by atoms with E-state index >= 15 is 0 Å². The van der Waals surface area contributed by atoms with Gasteiger partial charge in [-0.3, -0.25) is 4.79 Å². The topological polar surface area (TPSA) is 111 Å². The summed E-state index contributed by atoms with van der Waals surface area (Å²) in [5.41, 5.74) is 1.65. The van der Waals surface area contributed by atoms with Crippen LogP contribution in [0.3, 0.4) is 0 Å². The predicted molar refractivity (Wildman–Crippen MR) is 136 cm³/mol. The van der Waals surface area contributed by atoms with E-state index in [-0.39, 0.29) is 18.8 Å². The Bertz CT molecular complexity index is 1250. The van der Waals surface area contributed by atoms with Crippen molar-refractivity contribution in [1.82, 2.24) is 10.6 Å². The number of hydrogen-bond donors (Lipinski definition) is 2. The first-order valence-corrected chi connectivity index (χ1v) is 12.8. The van der Waals surface area contributed by atoms with Crippen LogP contribution in [0, 0.1) is 0 Å². The number of carbonyl (C=O) groups is 2. The highest BCUT2D eigenvalue weighted by molar-refractivity contribution is 7.90. The van der Waals surface area contributed by atoms with Gasteiger partial charge in [-0.25, -0.2) is 4.79 Å². The fourth-order valence-electron chi connectivity index (χ4n) is 3.19. The van der Waals surface area contributed by atoms with Crippen LogP contribution in [-0.2, 0) is 32.7 Å². The molecule has 0 saturated heterocycles. The minimum Gasteiger partial charge on any atom is -0.445 e. The molecule has 3 rings (SSSR count). The van der Waals surface area contributed by atoms with E-state index in [2.05, 4.69) is 10.6 Å². The maximum Gasteiger partial charge on any atom is 0.408 e. The van der Waals surface area contributed by atoms with Gasteiger partial charge < -0.3 is 19.6 Å². The van der Waals surface area contributed by atoms with E-state index in [9.17, 15) is 18.0 Å². The summed E-state index contributed by atoms with van der Waals surface area (Å²) in [5, 5.41) is 6.19. The van der Waals surface area contributed by atoms with Crippen LogP contribution in [0.15, 0.2) is 102 Å². The molecule has 3 aromatic carbocycles. The lowest BCUT2D eigenvalue weighted by molar-refractivity contribution is -0.123. The monoisotopic (exact) mass is 508 g/mol. The van der Waals surface area contributed by atoms with Crippen molar-refractivity contribution in [1.29, 1.82) is 0 Å². The highest BCUT2D eigenvalue weighted by atomic mass is 32.2. The molecule has 2 amide bonds. The van der Waals surface area contributed by atoms with Gasteiger partial charge in [0.2, 0.25) is 5.91 Å². The van der Waals surface area contributed by atoms with Crippen molar-refractivity contribution in [3.05, 3.63) is 114 Å². The van der Waals surface area contributed by atoms with E-state index in [0.29, 0.717) is 0 Å². The van der Waals surface area contributed by atoms with E-state index in [1.807, 2.05) is 60.7 Å². The van der Waals surface area contributed by atoms with Gasteiger partial charge in [-0.15, -0.1) is 0 Å². The molecule has 0 aliphatic rings. The lowest BCUT2D eigenvalue weighted by atomic mass is 10.1. The molecule has 0 fully saturated rings. The first kappa shape index (κ1) is 26.5. The highest BCUT2D eigenvalue weighted by Crippen LogP contribution is 2.12. The lowest BCUT2D eigenvalue weighted by Crippen LogP contribution is -2.50. The fourth-order valence-corrected chi connectivity index (χ4v) is 4.05. The van der Waals surface area contributed by atoms with Crippen LogP contribution in [0.2, 0.25) is 0 Å². The van der Waals surface area contributed by atoms with E-state index in [1.54, 1.807) is 25.1 Å². The summed E-state index contributed by atoms with van der Waals surface area (Å²) in [6.07, 6.45) is 0.777. The number of ether oxygens (including phenoxy) is 1. The largest absolute Gasteiger partial charge is 0.445 e. The fraction of sp³-hybridized carbons (Fsp3) is 0.185. The van der Waals surface area contributed by atoms with Crippen LogP contribution < -0.4 is 14.8 Å². The molecular formula is C27H28N2O6S. The second kappa shape index (κ2) is 13.1. The Morgan fingerprint density at radius 2 is 1.39 bits per heavy atom. The summed E-state index contributed by atoms with van der Waals surface area (Å²) in [4.78, 5) is 25.4. The van der Waals surface area contributed by atoms with Gasteiger partial charge >= 0.3 is 16.2 Å². The zero-order valence-corrected chi connectivity index (χ0v) is 20.6. The number of hydrogen-bond acceptors (Lipinski definition) is 6. The van der Waals surface area contributed by atoms with Gasteiger partial charge in [0.15, 0.2) is 0 Å². The Morgan fingerprint density at radius 3 is 2.00 bits per heavy atom. The standard InChI is InChI=1S/C27H28N2O6S/c1-21(17-18-36(32,33)35-24-15-9-4-10-16-24)28-26(30)25(19-22-11-5-2-6-12-22)29-27(31)34-20-23-13-7-3-8-14-23/h2-18,21,25H,19-20H2,1H3,(H,28,30)(H,29,31)/b18-17+/t21-,25-/m0/s1. The molecule has 2 atom stereocenters. The van der Waals surface area contributed by atoms with Crippen molar-refractivity contribution in [2.45, 2.75) is 32.0 Å². The number of carbonyl (C=O) groups excluding carboxylic acids is 2. The third kappa shape index (κ3) is 9.27. The van der Waals surface area contributed by atoms with Gasteiger partial charge in [-0.2, -0.15) is 8.42 Å². The van der Waals surface area contributed by atoms with Crippen LogP contribution >= 0.6 is 0 Å². The van der Waals surface area contributed by atoms with E-state index in [4.69, 9.17) is 8.92 Å². The van der Waals surface area contributed by atoms with Crippen LogP contribution in [0.4, 0.5) is 4.79 Å². The Hall–Kier alpha value is -4.11. The molecule has 8 nitrogen and oxygen atoms in total. The first-order valence-electron chi connectivity index (χ1n) is 11.3. The molecule has 0 heterocycles.